The normalized spacial score (nSPS) is 11.5. The van der Waals surface area contributed by atoms with Gasteiger partial charge in [0.15, 0.2) is 0 Å². The van der Waals surface area contributed by atoms with Crippen molar-refractivity contribution in [2.24, 2.45) is 0 Å². The summed E-state index contributed by atoms with van der Waals surface area (Å²) in [5.74, 6) is 0.263. The second-order valence-corrected chi connectivity index (χ2v) is 3.76. The van der Waals surface area contributed by atoms with Crippen LogP contribution < -0.4 is 4.74 Å². The molecule has 84 valence electrons. The smallest absolute Gasteiger partial charge is 0.397 e. The van der Waals surface area contributed by atoms with Gasteiger partial charge in [-0.05, 0) is 31.9 Å². The third-order valence-corrected chi connectivity index (χ3v) is 2.13. The third kappa shape index (κ3) is 3.50. The highest BCUT2D eigenvalue weighted by Crippen LogP contribution is 2.28. The number of hydrogen-bond acceptors (Lipinski definition) is 1. The van der Waals surface area contributed by atoms with Crippen molar-refractivity contribution in [1.82, 2.24) is 0 Å². The summed E-state index contributed by atoms with van der Waals surface area (Å²) in [6.45, 7) is 5.39. The molecule has 0 fully saturated rings. The van der Waals surface area contributed by atoms with Crippen LogP contribution in [0.3, 0.4) is 0 Å². The highest BCUT2D eigenvalue weighted by Gasteiger charge is 2.30. The minimum Gasteiger partial charge on any atom is -0.432 e. The van der Waals surface area contributed by atoms with E-state index in [0.717, 1.165) is 11.1 Å². The number of halogens is 2. The number of rotatable bonds is 4. The Morgan fingerprint density at radius 2 is 1.93 bits per heavy atom. The molecule has 0 aromatic heterocycles. The molecule has 1 aromatic carbocycles. The molecule has 0 aliphatic heterocycles. The van der Waals surface area contributed by atoms with Gasteiger partial charge in [0.05, 0.1) is 6.42 Å². The van der Waals surface area contributed by atoms with E-state index in [-0.39, 0.29) is 12.2 Å². The molecule has 0 aliphatic rings. The van der Waals surface area contributed by atoms with Crippen LogP contribution in [-0.4, -0.2) is 6.11 Å². The summed E-state index contributed by atoms with van der Waals surface area (Å²) < 4.78 is 31.0. The topological polar surface area (TPSA) is 9.23 Å². The van der Waals surface area contributed by atoms with Gasteiger partial charge in [0.25, 0.3) is 0 Å². The maximum Gasteiger partial charge on any atom is 0.397 e. The molecule has 0 radical (unpaired) electrons. The van der Waals surface area contributed by atoms with Crippen molar-refractivity contribution in [3.05, 3.63) is 29.3 Å². The second kappa shape index (κ2) is 4.60. The maximum atomic E-state index is 13.2. The van der Waals surface area contributed by atoms with E-state index in [1.807, 2.05) is 13.0 Å². The Bertz CT molecular complexity index is 334. The van der Waals surface area contributed by atoms with Gasteiger partial charge in [-0.15, -0.1) is 0 Å². The molecule has 1 rings (SSSR count). The molecule has 3 heteroatoms. The molecule has 0 N–H and O–H groups in total. The van der Waals surface area contributed by atoms with E-state index in [2.05, 4.69) is 0 Å². The lowest BCUT2D eigenvalue weighted by molar-refractivity contribution is -0.180. The van der Waals surface area contributed by atoms with E-state index in [9.17, 15) is 8.78 Å². The molecule has 0 aliphatic carbocycles. The Balaban J connectivity index is 2.80. The first kappa shape index (κ1) is 12.0. The van der Waals surface area contributed by atoms with E-state index < -0.39 is 6.11 Å². The summed E-state index contributed by atoms with van der Waals surface area (Å²) in [5, 5.41) is 0. The van der Waals surface area contributed by atoms with Gasteiger partial charge in [-0.2, -0.15) is 8.78 Å². The predicted octanol–water partition coefficient (Wildman–Crippen LogP) is 4.08. The Kier molecular flexibility index (Phi) is 3.66. The highest BCUT2D eigenvalue weighted by molar-refractivity contribution is 5.35. The van der Waals surface area contributed by atoms with Crippen LogP contribution in [0.2, 0.25) is 0 Å². The van der Waals surface area contributed by atoms with Gasteiger partial charge in [0.2, 0.25) is 0 Å². The monoisotopic (exact) mass is 214 g/mol. The lowest BCUT2D eigenvalue weighted by Crippen LogP contribution is -2.24. The highest BCUT2D eigenvalue weighted by atomic mass is 19.3. The summed E-state index contributed by atoms with van der Waals surface area (Å²) in [5.41, 5.74) is 1.78. The molecule has 0 saturated heterocycles. The lowest BCUT2D eigenvalue weighted by Gasteiger charge is -2.18. The SMILES string of the molecule is CCCC(F)(F)Oc1ccc(C)cc1C. The van der Waals surface area contributed by atoms with Crippen molar-refractivity contribution < 1.29 is 13.5 Å². The average Bonchev–Trinajstić information content (AvgIpc) is 2.09. The van der Waals surface area contributed by atoms with Crippen molar-refractivity contribution in [2.75, 3.05) is 0 Å². The van der Waals surface area contributed by atoms with Crippen molar-refractivity contribution in [3.8, 4) is 5.75 Å². The molecule has 0 saturated carbocycles. The summed E-state index contributed by atoms with van der Waals surface area (Å²) in [7, 11) is 0. The molecule has 0 amide bonds. The lowest BCUT2D eigenvalue weighted by atomic mass is 10.1. The third-order valence-electron chi connectivity index (χ3n) is 2.13. The van der Waals surface area contributed by atoms with Crippen molar-refractivity contribution in [1.29, 1.82) is 0 Å². The molecular weight excluding hydrogens is 198 g/mol. The number of hydrogen-bond donors (Lipinski definition) is 0. The molecule has 15 heavy (non-hydrogen) atoms. The van der Waals surface area contributed by atoms with E-state index in [4.69, 9.17) is 4.74 Å². The number of aryl methyl sites for hydroxylation is 2. The van der Waals surface area contributed by atoms with Gasteiger partial charge in [-0.25, -0.2) is 0 Å². The van der Waals surface area contributed by atoms with E-state index in [1.165, 1.54) is 0 Å². The number of ether oxygens (including phenoxy) is 1. The molecule has 0 unspecified atom stereocenters. The molecule has 0 bridgehead atoms. The zero-order valence-corrected chi connectivity index (χ0v) is 9.31. The van der Waals surface area contributed by atoms with Crippen molar-refractivity contribution >= 4 is 0 Å². The fourth-order valence-corrected chi connectivity index (χ4v) is 1.42. The van der Waals surface area contributed by atoms with Gasteiger partial charge < -0.3 is 4.74 Å². The molecular formula is C12H16F2O. The fourth-order valence-electron chi connectivity index (χ4n) is 1.42. The van der Waals surface area contributed by atoms with Crippen LogP contribution in [-0.2, 0) is 0 Å². The van der Waals surface area contributed by atoms with E-state index in [1.54, 1.807) is 26.0 Å². The van der Waals surface area contributed by atoms with Crippen LogP contribution in [0.5, 0.6) is 5.75 Å². The zero-order valence-electron chi connectivity index (χ0n) is 9.31. The standard InChI is InChI=1S/C12H16F2O/c1-4-7-12(13,14)15-11-6-5-9(2)8-10(11)3/h5-6,8H,4,7H2,1-3H3. The summed E-state index contributed by atoms with van der Waals surface area (Å²) in [4.78, 5) is 0. The van der Waals surface area contributed by atoms with Crippen LogP contribution >= 0.6 is 0 Å². The molecule has 0 heterocycles. The minimum atomic E-state index is -3.06. The largest absolute Gasteiger partial charge is 0.432 e. The molecule has 1 nitrogen and oxygen atoms in total. The first-order valence-corrected chi connectivity index (χ1v) is 5.08. The van der Waals surface area contributed by atoms with Gasteiger partial charge in [-0.3, -0.25) is 0 Å². The summed E-state index contributed by atoms with van der Waals surface area (Å²) in [6, 6.07) is 5.19. The van der Waals surface area contributed by atoms with Crippen LogP contribution in [0.25, 0.3) is 0 Å². The first-order valence-electron chi connectivity index (χ1n) is 5.08. The summed E-state index contributed by atoms with van der Waals surface area (Å²) in [6.07, 6.45) is -2.91. The summed E-state index contributed by atoms with van der Waals surface area (Å²) >= 11 is 0. The Morgan fingerprint density at radius 1 is 1.27 bits per heavy atom. The Hall–Kier alpha value is -1.12. The van der Waals surface area contributed by atoms with Gasteiger partial charge in [0.1, 0.15) is 5.75 Å². The van der Waals surface area contributed by atoms with Crippen molar-refractivity contribution in [3.63, 3.8) is 0 Å². The van der Waals surface area contributed by atoms with E-state index >= 15 is 0 Å². The van der Waals surface area contributed by atoms with Crippen LogP contribution in [0.15, 0.2) is 18.2 Å². The predicted molar refractivity (Wildman–Crippen MR) is 56.4 cm³/mol. The first-order chi connectivity index (χ1) is 6.94. The van der Waals surface area contributed by atoms with Crippen LogP contribution in [0, 0.1) is 13.8 Å². The minimum absolute atomic E-state index is 0.250. The number of benzene rings is 1. The maximum absolute atomic E-state index is 13.2. The van der Waals surface area contributed by atoms with Gasteiger partial charge in [-0.1, -0.05) is 24.6 Å². The van der Waals surface area contributed by atoms with Crippen LogP contribution in [0.4, 0.5) is 8.78 Å². The van der Waals surface area contributed by atoms with Gasteiger partial charge >= 0.3 is 6.11 Å². The second-order valence-electron chi connectivity index (χ2n) is 3.76. The Morgan fingerprint density at radius 3 is 2.47 bits per heavy atom. The van der Waals surface area contributed by atoms with Crippen molar-refractivity contribution in [2.45, 2.75) is 39.7 Å². The molecule has 0 spiro atoms. The van der Waals surface area contributed by atoms with E-state index in [0.29, 0.717) is 6.42 Å². The van der Waals surface area contributed by atoms with Crippen LogP contribution in [0.1, 0.15) is 30.9 Å². The fraction of sp³-hybridized carbons (Fsp3) is 0.500. The molecule has 0 atom stereocenters. The number of alkyl halides is 2. The molecule has 1 aromatic rings. The Labute approximate surface area is 89.1 Å². The zero-order chi connectivity index (χ0) is 11.5. The quantitative estimate of drug-likeness (QED) is 0.734. The average molecular weight is 214 g/mol. The van der Waals surface area contributed by atoms with Gasteiger partial charge in [0, 0.05) is 0 Å².